The molecule has 1 aliphatic carbocycles. The van der Waals surface area contributed by atoms with Crippen LogP contribution >= 0.6 is 0 Å². The lowest BCUT2D eigenvalue weighted by atomic mass is 10.0. The quantitative estimate of drug-likeness (QED) is 0.904. The van der Waals surface area contributed by atoms with Gasteiger partial charge in [-0.05, 0) is 30.4 Å². The van der Waals surface area contributed by atoms with Gasteiger partial charge in [-0.25, -0.2) is 8.42 Å². The number of hydrogen-bond acceptors (Lipinski definition) is 4. The molecule has 1 aromatic rings. The number of rotatable bonds is 3. The van der Waals surface area contributed by atoms with Crippen LogP contribution in [0.1, 0.15) is 30.4 Å². The number of hydrogen-bond donors (Lipinski definition) is 1. The Morgan fingerprint density at radius 3 is 2.25 bits per heavy atom. The summed E-state index contributed by atoms with van der Waals surface area (Å²) in [6, 6.07) is 8.12. The maximum absolute atomic E-state index is 11.7. The molecule has 5 rings (SSSR count). The largest absolute Gasteiger partial charge is 0.385 e. The van der Waals surface area contributed by atoms with Crippen LogP contribution in [0.5, 0.6) is 0 Å². The van der Waals surface area contributed by atoms with Gasteiger partial charge in [0.1, 0.15) is 0 Å². The van der Waals surface area contributed by atoms with Crippen LogP contribution in [-0.2, 0) is 22.0 Å². The van der Waals surface area contributed by atoms with Crippen LogP contribution in [0.3, 0.4) is 0 Å². The van der Waals surface area contributed by atoms with Gasteiger partial charge in [0.05, 0.1) is 16.1 Å². The van der Waals surface area contributed by atoms with Crippen molar-refractivity contribution in [1.29, 1.82) is 0 Å². The van der Waals surface area contributed by atoms with Crippen molar-refractivity contribution in [3.8, 4) is 0 Å². The lowest BCUT2D eigenvalue weighted by molar-refractivity contribution is 0.151. The van der Waals surface area contributed by atoms with Gasteiger partial charge in [0.15, 0.2) is 9.84 Å². The van der Waals surface area contributed by atoms with E-state index in [0.717, 1.165) is 31.4 Å². The zero-order valence-electron chi connectivity index (χ0n) is 11.3. The van der Waals surface area contributed by atoms with Crippen molar-refractivity contribution in [2.24, 2.45) is 0 Å². The Kier molecular flexibility index (Phi) is 2.60. The maximum atomic E-state index is 11.7. The molecule has 4 aliphatic rings. The topological polar surface area (TPSA) is 57.6 Å². The predicted octanol–water partition coefficient (Wildman–Crippen LogP) is 1.04. The molecule has 3 heterocycles. The second kappa shape index (κ2) is 4.06. The van der Waals surface area contributed by atoms with E-state index in [0.29, 0.717) is 13.1 Å². The summed E-state index contributed by atoms with van der Waals surface area (Å²) in [4.78, 5) is 2.24. The lowest BCUT2D eigenvalue weighted by Crippen LogP contribution is -2.61. The molecule has 4 nitrogen and oxygen atoms in total. The van der Waals surface area contributed by atoms with Crippen LogP contribution in [0.25, 0.3) is 0 Å². The Morgan fingerprint density at radius 1 is 1.15 bits per heavy atom. The van der Waals surface area contributed by atoms with Gasteiger partial charge < -0.3 is 5.11 Å². The molecule has 3 aliphatic heterocycles. The monoisotopic (exact) mass is 293 g/mol. The van der Waals surface area contributed by atoms with Crippen LogP contribution in [0, 0.1) is 0 Å². The van der Waals surface area contributed by atoms with Gasteiger partial charge in [-0.1, -0.05) is 24.3 Å². The number of fused-ring (bicyclic) bond motifs is 2. The smallest absolute Gasteiger partial charge is 0.158 e. The van der Waals surface area contributed by atoms with Crippen LogP contribution in [0.15, 0.2) is 24.3 Å². The summed E-state index contributed by atoms with van der Waals surface area (Å²) in [7, 11) is -2.78. The normalized spacial score (nSPS) is 33.5. The predicted molar refractivity (Wildman–Crippen MR) is 76.0 cm³/mol. The number of aliphatic hydroxyl groups is 1. The third-order valence-electron chi connectivity index (χ3n) is 5.00. The summed E-state index contributed by atoms with van der Waals surface area (Å²) in [6.07, 6.45) is 2.57. The fraction of sp³-hybridized carbons (Fsp3) is 0.600. The van der Waals surface area contributed by atoms with E-state index in [1.165, 1.54) is 5.56 Å². The van der Waals surface area contributed by atoms with E-state index in [1.807, 2.05) is 12.1 Å². The highest BCUT2D eigenvalue weighted by molar-refractivity contribution is 7.94. The van der Waals surface area contributed by atoms with Gasteiger partial charge >= 0.3 is 0 Å². The first-order valence-electron chi connectivity index (χ1n) is 7.24. The van der Waals surface area contributed by atoms with Crippen molar-refractivity contribution in [3.05, 3.63) is 35.4 Å². The molecule has 0 spiro atoms. The molecule has 2 unspecified atom stereocenters. The van der Waals surface area contributed by atoms with Crippen LogP contribution < -0.4 is 0 Å². The van der Waals surface area contributed by atoms with Gasteiger partial charge in [-0.3, -0.25) is 4.90 Å². The fourth-order valence-electron chi connectivity index (χ4n) is 3.43. The van der Waals surface area contributed by atoms with Crippen LogP contribution in [0.2, 0.25) is 0 Å². The average Bonchev–Trinajstić information content (AvgIpc) is 3.19. The van der Waals surface area contributed by atoms with Crippen molar-refractivity contribution in [2.75, 3.05) is 13.1 Å². The first kappa shape index (κ1) is 12.8. The third kappa shape index (κ3) is 1.91. The number of sulfone groups is 1. The summed E-state index contributed by atoms with van der Waals surface area (Å²) >= 11 is 0. The van der Waals surface area contributed by atoms with E-state index >= 15 is 0 Å². The van der Waals surface area contributed by atoms with Gasteiger partial charge in [0, 0.05) is 19.6 Å². The molecular formula is C15H19NO3S. The molecule has 3 saturated heterocycles. The molecule has 0 amide bonds. The summed E-state index contributed by atoms with van der Waals surface area (Å²) in [5, 5.41) is 9.77. The van der Waals surface area contributed by atoms with E-state index < -0.39 is 15.4 Å². The molecule has 2 atom stereocenters. The highest BCUT2D eigenvalue weighted by Gasteiger charge is 2.51. The molecule has 4 fully saturated rings. The van der Waals surface area contributed by atoms with Crippen LogP contribution in [-0.4, -0.2) is 42.0 Å². The summed E-state index contributed by atoms with van der Waals surface area (Å²) in [6.45, 7) is 2.15. The first-order valence-corrected chi connectivity index (χ1v) is 8.85. The third-order valence-corrected chi connectivity index (χ3v) is 7.54. The molecule has 108 valence electrons. The molecule has 1 aromatic carbocycles. The van der Waals surface area contributed by atoms with Crippen molar-refractivity contribution < 1.29 is 13.5 Å². The molecule has 0 radical (unpaired) electrons. The van der Waals surface area contributed by atoms with E-state index in [4.69, 9.17) is 0 Å². The standard InChI is InChI=1S/C15H19NO3S/c17-15(5-6-15)12-3-1-11(2-4-12)8-16-9-13-7-14(10-16)20(13,18)19/h1-4,13-14,17H,5-10H2. The zero-order chi connectivity index (χ0) is 14.0. The van der Waals surface area contributed by atoms with Gasteiger partial charge in [0.25, 0.3) is 0 Å². The maximum Gasteiger partial charge on any atom is 0.158 e. The second-order valence-corrected chi connectivity index (χ2v) is 9.00. The SMILES string of the molecule is O=S1(=O)C2CC1CN(Cc1ccc(C3(O)CC3)cc1)C2. The molecule has 1 N–H and O–H groups in total. The molecular weight excluding hydrogens is 274 g/mol. The van der Waals surface area contributed by atoms with Crippen LogP contribution in [0.4, 0.5) is 0 Å². The highest BCUT2D eigenvalue weighted by Crippen LogP contribution is 2.45. The zero-order valence-corrected chi connectivity index (χ0v) is 12.1. The number of nitrogens with zero attached hydrogens (tertiary/aromatic N) is 1. The minimum Gasteiger partial charge on any atom is -0.385 e. The molecule has 1 saturated carbocycles. The highest BCUT2D eigenvalue weighted by atomic mass is 32.2. The molecule has 0 aromatic heterocycles. The average molecular weight is 293 g/mol. The van der Waals surface area contributed by atoms with E-state index in [2.05, 4.69) is 17.0 Å². The minimum absolute atomic E-state index is 0.132. The Hall–Kier alpha value is -0.910. The van der Waals surface area contributed by atoms with Crippen molar-refractivity contribution in [3.63, 3.8) is 0 Å². The summed E-state index contributed by atoms with van der Waals surface area (Å²) < 4.78 is 23.5. The lowest BCUT2D eigenvalue weighted by Gasteiger charge is -2.46. The summed E-state index contributed by atoms with van der Waals surface area (Å²) in [5.41, 5.74) is 1.63. The Bertz CT molecular complexity index is 616. The van der Waals surface area contributed by atoms with Crippen molar-refractivity contribution in [2.45, 2.75) is 41.9 Å². The number of benzene rings is 1. The Labute approximate surface area is 119 Å². The van der Waals surface area contributed by atoms with E-state index in [-0.39, 0.29) is 10.5 Å². The Balaban J connectivity index is 1.43. The second-order valence-electron chi connectivity index (χ2n) is 6.49. The molecule has 5 heteroatoms. The van der Waals surface area contributed by atoms with Crippen molar-refractivity contribution >= 4 is 9.84 Å². The van der Waals surface area contributed by atoms with E-state index in [9.17, 15) is 13.5 Å². The van der Waals surface area contributed by atoms with Crippen molar-refractivity contribution in [1.82, 2.24) is 4.90 Å². The molecule has 20 heavy (non-hydrogen) atoms. The molecule has 2 bridgehead atoms. The number of piperidine rings is 1. The Morgan fingerprint density at radius 2 is 1.75 bits per heavy atom. The first-order chi connectivity index (χ1) is 9.47. The van der Waals surface area contributed by atoms with Gasteiger partial charge in [0.2, 0.25) is 0 Å². The fourth-order valence-corrected chi connectivity index (χ4v) is 5.46. The van der Waals surface area contributed by atoms with E-state index in [1.54, 1.807) is 0 Å². The summed E-state index contributed by atoms with van der Waals surface area (Å²) in [5.74, 6) is 0. The van der Waals surface area contributed by atoms with Gasteiger partial charge in [-0.2, -0.15) is 0 Å². The van der Waals surface area contributed by atoms with Gasteiger partial charge in [-0.15, -0.1) is 0 Å². The minimum atomic E-state index is -2.78.